The van der Waals surface area contributed by atoms with Crippen molar-refractivity contribution in [3.63, 3.8) is 0 Å². The number of nitro groups is 1. The average molecular weight is 198 g/mol. The highest BCUT2D eigenvalue weighted by Crippen LogP contribution is 2.25. The largest absolute Gasteiger partial charge is 0.290 e. The van der Waals surface area contributed by atoms with E-state index in [9.17, 15) is 14.5 Å². The summed E-state index contributed by atoms with van der Waals surface area (Å²) in [6.45, 7) is 0. The number of nitrogens with zero attached hydrogens (tertiary/aromatic N) is 2. The van der Waals surface area contributed by atoms with Gasteiger partial charge in [0.2, 0.25) is 0 Å². The molecule has 0 heterocycles. The standard InChI is InChI=1S/C7H3FN2O2S/c8-7-4(3-9)5(10(11)12)1-2-6(7)13/h1-2,13H. The summed E-state index contributed by atoms with van der Waals surface area (Å²) in [5.41, 5.74) is -1.13. The molecule has 1 aromatic rings. The van der Waals surface area contributed by atoms with Crippen LogP contribution in [0.25, 0.3) is 0 Å². The number of nitriles is 1. The molecule has 66 valence electrons. The van der Waals surface area contributed by atoms with Crippen LogP contribution in [0.1, 0.15) is 5.56 Å². The second-order valence-corrected chi connectivity index (χ2v) is 2.64. The first-order valence-electron chi connectivity index (χ1n) is 3.14. The fourth-order valence-electron chi connectivity index (χ4n) is 0.813. The van der Waals surface area contributed by atoms with Crippen molar-refractivity contribution < 1.29 is 9.31 Å². The molecule has 0 aromatic heterocycles. The topological polar surface area (TPSA) is 66.9 Å². The summed E-state index contributed by atoms with van der Waals surface area (Å²) in [5.74, 6) is -0.958. The van der Waals surface area contributed by atoms with Crippen molar-refractivity contribution in [3.05, 3.63) is 33.6 Å². The Kier molecular flexibility index (Phi) is 2.49. The molecular formula is C7H3FN2O2S. The van der Waals surface area contributed by atoms with Gasteiger partial charge in [-0.3, -0.25) is 10.1 Å². The lowest BCUT2D eigenvalue weighted by Gasteiger charge is -1.97. The average Bonchev–Trinajstić information content (AvgIpc) is 2.09. The summed E-state index contributed by atoms with van der Waals surface area (Å²) >= 11 is 3.69. The lowest BCUT2D eigenvalue weighted by molar-refractivity contribution is -0.385. The third-order valence-electron chi connectivity index (χ3n) is 1.41. The molecule has 0 atom stereocenters. The number of halogens is 1. The Balaban J connectivity index is 3.50. The molecule has 0 unspecified atom stereocenters. The maximum absolute atomic E-state index is 13.0. The number of hydrogen-bond acceptors (Lipinski definition) is 4. The third-order valence-corrected chi connectivity index (χ3v) is 1.75. The number of benzene rings is 1. The highest BCUT2D eigenvalue weighted by Gasteiger charge is 2.19. The summed E-state index contributed by atoms with van der Waals surface area (Å²) in [7, 11) is 0. The maximum Gasteiger partial charge on any atom is 0.290 e. The second kappa shape index (κ2) is 3.41. The van der Waals surface area contributed by atoms with Crippen LogP contribution in [-0.4, -0.2) is 4.92 Å². The van der Waals surface area contributed by atoms with E-state index in [1.165, 1.54) is 6.07 Å². The predicted molar refractivity (Wildman–Crippen MR) is 45.0 cm³/mol. The normalized spacial score (nSPS) is 9.31. The van der Waals surface area contributed by atoms with Gasteiger partial charge in [0.05, 0.1) is 4.92 Å². The molecule has 0 bridgehead atoms. The van der Waals surface area contributed by atoms with Crippen molar-refractivity contribution in [1.29, 1.82) is 5.26 Å². The summed E-state index contributed by atoms with van der Waals surface area (Å²) in [4.78, 5) is 9.41. The van der Waals surface area contributed by atoms with Gasteiger partial charge in [-0.2, -0.15) is 5.26 Å². The minimum atomic E-state index is -0.958. The molecule has 0 fully saturated rings. The molecule has 0 saturated carbocycles. The molecule has 6 heteroatoms. The van der Waals surface area contributed by atoms with Crippen LogP contribution >= 0.6 is 12.6 Å². The van der Waals surface area contributed by atoms with E-state index >= 15 is 0 Å². The zero-order valence-corrected chi connectivity index (χ0v) is 7.09. The zero-order valence-electron chi connectivity index (χ0n) is 6.19. The first-order chi connectivity index (χ1) is 6.07. The minimum Gasteiger partial charge on any atom is -0.258 e. The van der Waals surface area contributed by atoms with Gasteiger partial charge in [-0.1, -0.05) is 0 Å². The van der Waals surface area contributed by atoms with Crippen LogP contribution in [-0.2, 0) is 0 Å². The molecule has 1 aromatic carbocycles. The van der Waals surface area contributed by atoms with Gasteiger partial charge in [0.25, 0.3) is 5.69 Å². The lowest BCUT2D eigenvalue weighted by atomic mass is 10.2. The molecular weight excluding hydrogens is 195 g/mol. The Labute approximate surface area is 78.2 Å². The predicted octanol–water partition coefficient (Wildman–Crippen LogP) is 1.89. The van der Waals surface area contributed by atoms with E-state index < -0.39 is 22.0 Å². The van der Waals surface area contributed by atoms with Gasteiger partial charge in [-0.05, 0) is 6.07 Å². The highest BCUT2D eigenvalue weighted by molar-refractivity contribution is 7.80. The lowest BCUT2D eigenvalue weighted by Crippen LogP contribution is -1.95. The van der Waals surface area contributed by atoms with Crippen LogP contribution < -0.4 is 0 Å². The van der Waals surface area contributed by atoms with Crippen molar-refractivity contribution in [2.24, 2.45) is 0 Å². The Bertz CT molecular complexity index is 414. The number of rotatable bonds is 1. The van der Waals surface area contributed by atoms with E-state index in [4.69, 9.17) is 5.26 Å². The van der Waals surface area contributed by atoms with E-state index in [0.717, 1.165) is 12.1 Å². The van der Waals surface area contributed by atoms with Crippen LogP contribution in [0.5, 0.6) is 0 Å². The Morgan fingerprint density at radius 3 is 2.69 bits per heavy atom. The first-order valence-corrected chi connectivity index (χ1v) is 3.58. The molecule has 0 spiro atoms. The summed E-state index contributed by atoms with van der Waals surface area (Å²) < 4.78 is 13.0. The molecule has 0 amide bonds. The van der Waals surface area contributed by atoms with Crippen LogP contribution in [0.2, 0.25) is 0 Å². The number of hydrogen-bond donors (Lipinski definition) is 1. The van der Waals surface area contributed by atoms with Crippen molar-refractivity contribution >= 4 is 18.3 Å². The highest BCUT2D eigenvalue weighted by atomic mass is 32.1. The smallest absolute Gasteiger partial charge is 0.258 e. The maximum atomic E-state index is 13.0. The molecule has 0 aliphatic heterocycles. The second-order valence-electron chi connectivity index (χ2n) is 2.16. The Morgan fingerprint density at radius 1 is 1.62 bits per heavy atom. The third kappa shape index (κ3) is 1.60. The molecule has 0 aliphatic carbocycles. The fourth-order valence-corrected chi connectivity index (χ4v) is 1.000. The van der Waals surface area contributed by atoms with Crippen molar-refractivity contribution in [2.45, 2.75) is 4.90 Å². The first kappa shape index (κ1) is 9.48. The van der Waals surface area contributed by atoms with Gasteiger partial charge in [0, 0.05) is 11.0 Å². The molecule has 1 rings (SSSR count). The van der Waals surface area contributed by atoms with Crippen molar-refractivity contribution in [2.75, 3.05) is 0 Å². The minimum absolute atomic E-state index is 0.0813. The summed E-state index contributed by atoms with van der Waals surface area (Å²) in [6.07, 6.45) is 0. The monoisotopic (exact) mass is 198 g/mol. The molecule has 0 aliphatic rings. The Morgan fingerprint density at radius 2 is 2.23 bits per heavy atom. The van der Waals surface area contributed by atoms with Crippen LogP contribution in [0.15, 0.2) is 17.0 Å². The van der Waals surface area contributed by atoms with Crippen molar-refractivity contribution in [3.8, 4) is 6.07 Å². The summed E-state index contributed by atoms with van der Waals surface area (Å²) in [6, 6.07) is 3.60. The van der Waals surface area contributed by atoms with Crippen LogP contribution in [0.4, 0.5) is 10.1 Å². The van der Waals surface area contributed by atoms with Crippen LogP contribution in [0.3, 0.4) is 0 Å². The Hall–Kier alpha value is -1.61. The number of thiol groups is 1. The molecule has 0 N–H and O–H groups in total. The van der Waals surface area contributed by atoms with Crippen LogP contribution in [0, 0.1) is 27.3 Å². The zero-order chi connectivity index (χ0) is 10.0. The van der Waals surface area contributed by atoms with Gasteiger partial charge < -0.3 is 0 Å². The van der Waals surface area contributed by atoms with E-state index in [-0.39, 0.29) is 4.90 Å². The van der Waals surface area contributed by atoms with E-state index in [1.54, 1.807) is 0 Å². The quantitative estimate of drug-likeness (QED) is 0.425. The van der Waals surface area contributed by atoms with Gasteiger partial charge in [0.1, 0.15) is 6.07 Å². The SMILES string of the molecule is N#Cc1c([N+](=O)[O-])ccc(S)c1F. The molecule has 13 heavy (non-hydrogen) atoms. The van der Waals surface area contributed by atoms with E-state index in [0.29, 0.717) is 0 Å². The summed E-state index contributed by atoms with van der Waals surface area (Å²) in [5, 5.41) is 18.8. The number of nitro benzene ring substituents is 1. The van der Waals surface area contributed by atoms with Gasteiger partial charge in [0.15, 0.2) is 11.4 Å². The van der Waals surface area contributed by atoms with Gasteiger partial charge in [-0.25, -0.2) is 4.39 Å². The van der Waals surface area contributed by atoms with Crippen molar-refractivity contribution in [1.82, 2.24) is 0 Å². The molecule has 0 radical (unpaired) electrons. The molecule has 0 saturated heterocycles. The van der Waals surface area contributed by atoms with E-state index in [2.05, 4.69) is 12.6 Å². The van der Waals surface area contributed by atoms with E-state index in [1.807, 2.05) is 0 Å². The fraction of sp³-hybridized carbons (Fsp3) is 0. The van der Waals surface area contributed by atoms with Gasteiger partial charge in [-0.15, -0.1) is 12.6 Å². The van der Waals surface area contributed by atoms with Gasteiger partial charge >= 0.3 is 0 Å². The molecule has 4 nitrogen and oxygen atoms in total.